The van der Waals surface area contributed by atoms with Crippen LogP contribution in [-0.4, -0.2) is 95.1 Å². The van der Waals surface area contributed by atoms with Crippen LogP contribution >= 0.6 is 0 Å². The summed E-state index contributed by atoms with van der Waals surface area (Å²) < 4.78 is 9.46. The fourth-order valence-corrected chi connectivity index (χ4v) is 7.73. The zero-order valence-corrected chi connectivity index (χ0v) is 33.9. The number of rotatable bonds is 12. The third-order valence-electron chi connectivity index (χ3n) is 10.9. The Balaban J connectivity index is 1.09. The molecule has 2 aliphatic rings. The number of methoxy groups -OCH3 is 2. The van der Waals surface area contributed by atoms with Gasteiger partial charge in [-0.3, -0.25) is 14.4 Å². The molecule has 4 N–H and O–H groups in total. The molecule has 2 saturated heterocycles. The standard InChI is InChI=1S/C44H53N7O7/c1-26(2)37(48-43(55)57-5)41(53)50-22-8-12-35(50)39-45-25-34(47-39)31-20-18-29(19-21-31)28-14-16-30(17-15-28)32-10-7-11-33(24-32)46-40(52)36-13-9-23-51(36)42(54)38(27(3)4)49-44(56)58-6/h7,10-11,14-21,24-27,35-38H,8-9,12-13,22-23H2,1-6H3,(H,45,47)(H,46,52)(H,48,55)(H,49,56)/t35-,36-,37-,38?/m0/s1. The lowest BCUT2D eigenvalue weighted by atomic mass is 9.99. The number of alkyl carbamates (subject to hydrolysis) is 2. The zero-order chi connectivity index (χ0) is 41.5. The molecule has 3 aromatic carbocycles. The van der Waals surface area contributed by atoms with Crippen molar-refractivity contribution in [1.82, 2.24) is 30.4 Å². The summed E-state index contributed by atoms with van der Waals surface area (Å²) in [7, 11) is 2.53. The number of hydrogen-bond acceptors (Lipinski definition) is 8. The van der Waals surface area contributed by atoms with Crippen LogP contribution in [0.5, 0.6) is 0 Å². The van der Waals surface area contributed by atoms with Crippen LogP contribution in [0.25, 0.3) is 33.5 Å². The second kappa shape index (κ2) is 18.4. The van der Waals surface area contributed by atoms with Crippen molar-refractivity contribution in [3.05, 3.63) is 84.8 Å². The van der Waals surface area contributed by atoms with E-state index in [1.807, 2.05) is 76.2 Å². The fraction of sp³-hybridized carbons (Fsp3) is 0.409. The predicted octanol–water partition coefficient (Wildman–Crippen LogP) is 6.76. The number of carbonyl (C=O) groups excluding carboxylic acids is 5. The Hall–Kier alpha value is -6.18. The van der Waals surface area contributed by atoms with E-state index in [0.29, 0.717) is 37.4 Å². The number of nitrogens with one attached hydrogen (secondary N) is 4. The van der Waals surface area contributed by atoms with Gasteiger partial charge in [-0.25, -0.2) is 14.6 Å². The molecule has 1 unspecified atom stereocenters. The highest BCUT2D eigenvalue weighted by atomic mass is 16.5. The SMILES string of the molecule is COC(=O)NC(C(=O)N1CCC[C@H]1C(=O)Nc1cccc(-c2ccc(-c3ccc(-c4cnc([C@@H]5CCCN5C(=O)[C@@H](NC(=O)OC)C(C)C)[nH]4)cc3)cc2)c1)C(C)C. The number of aromatic amines is 1. The van der Waals surface area contributed by atoms with Gasteiger partial charge in [0.1, 0.15) is 23.9 Å². The highest BCUT2D eigenvalue weighted by Gasteiger charge is 2.39. The maximum Gasteiger partial charge on any atom is 0.407 e. The molecule has 0 saturated carbocycles. The van der Waals surface area contributed by atoms with Gasteiger partial charge in [0.05, 0.1) is 32.2 Å². The predicted molar refractivity (Wildman–Crippen MR) is 220 cm³/mol. The van der Waals surface area contributed by atoms with E-state index in [0.717, 1.165) is 46.4 Å². The van der Waals surface area contributed by atoms with Crippen LogP contribution in [0.4, 0.5) is 15.3 Å². The lowest BCUT2D eigenvalue weighted by molar-refractivity contribution is -0.139. The lowest BCUT2D eigenvalue weighted by Gasteiger charge is -2.30. The molecule has 1 aromatic heterocycles. The minimum atomic E-state index is -0.800. The van der Waals surface area contributed by atoms with Crippen LogP contribution in [0.15, 0.2) is 79.0 Å². The van der Waals surface area contributed by atoms with Gasteiger partial charge in [-0.1, -0.05) is 88.4 Å². The van der Waals surface area contributed by atoms with Crippen molar-refractivity contribution in [2.75, 3.05) is 32.6 Å². The first-order valence-corrected chi connectivity index (χ1v) is 19.9. The first-order valence-electron chi connectivity index (χ1n) is 19.9. The van der Waals surface area contributed by atoms with Gasteiger partial charge >= 0.3 is 12.2 Å². The van der Waals surface area contributed by atoms with E-state index in [-0.39, 0.29) is 35.6 Å². The normalized spacial score (nSPS) is 17.5. The summed E-state index contributed by atoms with van der Waals surface area (Å²) in [5.74, 6) is -0.305. The van der Waals surface area contributed by atoms with Crippen molar-refractivity contribution in [3.8, 4) is 33.5 Å². The third kappa shape index (κ3) is 9.33. The number of anilines is 1. The molecule has 14 heteroatoms. The molecule has 4 atom stereocenters. The monoisotopic (exact) mass is 791 g/mol. The molecule has 0 aliphatic carbocycles. The van der Waals surface area contributed by atoms with Crippen molar-refractivity contribution in [2.24, 2.45) is 11.8 Å². The van der Waals surface area contributed by atoms with Crippen LogP contribution in [0.3, 0.4) is 0 Å². The van der Waals surface area contributed by atoms with Crippen LogP contribution in [0.2, 0.25) is 0 Å². The molecule has 6 rings (SSSR count). The number of carbonyl (C=O) groups is 5. The van der Waals surface area contributed by atoms with Gasteiger partial charge in [-0.2, -0.15) is 0 Å². The fourth-order valence-electron chi connectivity index (χ4n) is 7.73. The van der Waals surface area contributed by atoms with E-state index in [9.17, 15) is 24.0 Å². The minimum Gasteiger partial charge on any atom is -0.453 e. The second-order valence-electron chi connectivity index (χ2n) is 15.5. The van der Waals surface area contributed by atoms with E-state index >= 15 is 0 Å². The van der Waals surface area contributed by atoms with E-state index in [2.05, 4.69) is 50.2 Å². The maximum atomic E-state index is 13.5. The van der Waals surface area contributed by atoms with Gasteiger partial charge < -0.3 is 40.2 Å². The van der Waals surface area contributed by atoms with E-state index < -0.39 is 30.3 Å². The minimum absolute atomic E-state index is 0.112. The Morgan fingerprint density at radius 1 is 0.690 bits per heavy atom. The molecular formula is C44H53N7O7. The topological polar surface area (TPSA) is 175 Å². The molecule has 3 heterocycles. The smallest absolute Gasteiger partial charge is 0.407 e. The number of likely N-dealkylation sites (tertiary alicyclic amines) is 2. The summed E-state index contributed by atoms with van der Waals surface area (Å²) in [6.45, 7) is 8.49. The summed E-state index contributed by atoms with van der Waals surface area (Å²) in [5.41, 5.74) is 6.42. The quantitative estimate of drug-likeness (QED) is 0.122. The molecule has 0 radical (unpaired) electrons. The molecule has 14 nitrogen and oxygen atoms in total. The number of aromatic nitrogens is 2. The Morgan fingerprint density at radius 3 is 1.78 bits per heavy atom. The van der Waals surface area contributed by atoms with Crippen LogP contribution < -0.4 is 16.0 Å². The van der Waals surface area contributed by atoms with Crippen LogP contribution in [0, 0.1) is 11.8 Å². The molecular weight excluding hydrogens is 739 g/mol. The molecule has 58 heavy (non-hydrogen) atoms. The molecule has 0 spiro atoms. The number of nitrogens with zero attached hydrogens (tertiary/aromatic N) is 3. The largest absolute Gasteiger partial charge is 0.453 e. The van der Waals surface area contributed by atoms with Crippen molar-refractivity contribution in [1.29, 1.82) is 0 Å². The van der Waals surface area contributed by atoms with Gasteiger partial charge in [-0.05, 0) is 77.5 Å². The van der Waals surface area contributed by atoms with Crippen LogP contribution in [0.1, 0.15) is 65.2 Å². The van der Waals surface area contributed by atoms with Crippen molar-refractivity contribution in [3.63, 3.8) is 0 Å². The highest BCUT2D eigenvalue weighted by Crippen LogP contribution is 2.34. The zero-order valence-electron chi connectivity index (χ0n) is 33.9. The first-order chi connectivity index (χ1) is 27.9. The summed E-state index contributed by atoms with van der Waals surface area (Å²) in [6, 6.07) is 21.7. The Morgan fingerprint density at radius 2 is 1.21 bits per heavy atom. The number of benzene rings is 3. The number of imidazole rings is 1. The maximum absolute atomic E-state index is 13.5. The van der Waals surface area contributed by atoms with Crippen LogP contribution in [-0.2, 0) is 23.9 Å². The lowest BCUT2D eigenvalue weighted by Crippen LogP contribution is -2.54. The van der Waals surface area contributed by atoms with Crippen molar-refractivity contribution in [2.45, 2.75) is 77.5 Å². The molecule has 0 bridgehead atoms. The third-order valence-corrected chi connectivity index (χ3v) is 10.9. The highest BCUT2D eigenvalue weighted by molar-refractivity contribution is 5.99. The van der Waals surface area contributed by atoms with Gasteiger partial charge in [0.2, 0.25) is 17.7 Å². The first kappa shape index (κ1) is 41.5. The average molecular weight is 792 g/mol. The van der Waals surface area contributed by atoms with Gasteiger partial charge in [-0.15, -0.1) is 0 Å². The number of amides is 5. The summed E-state index contributed by atoms with van der Waals surface area (Å²) >= 11 is 0. The summed E-state index contributed by atoms with van der Waals surface area (Å²) in [4.78, 5) is 75.8. The molecule has 5 amide bonds. The van der Waals surface area contributed by atoms with Gasteiger partial charge in [0.15, 0.2) is 0 Å². The summed E-state index contributed by atoms with van der Waals surface area (Å²) in [5, 5.41) is 8.31. The second-order valence-corrected chi connectivity index (χ2v) is 15.5. The number of ether oxygens (including phenoxy) is 2. The molecule has 306 valence electrons. The van der Waals surface area contributed by atoms with Gasteiger partial charge in [0, 0.05) is 18.8 Å². The van der Waals surface area contributed by atoms with Crippen molar-refractivity contribution < 1.29 is 33.4 Å². The van der Waals surface area contributed by atoms with Crippen molar-refractivity contribution >= 4 is 35.6 Å². The Bertz CT molecular complexity index is 2100. The summed E-state index contributed by atoms with van der Waals surface area (Å²) in [6.07, 6.45) is 3.31. The molecule has 2 fully saturated rings. The Labute approximate surface area is 339 Å². The molecule has 4 aromatic rings. The Kier molecular flexibility index (Phi) is 13.1. The average Bonchev–Trinajstić information content (AvgIpc) is 4.03. The molecule has 2 aliphatic heterocycles. The van der Waals surface area contributed by atoms with E-state index in [1.165, 1.54) is 14.2 Å². The van der Waals surface area contributed by atoms with Gasteiger partial charge in [0.25, 0.3) is 0 Å². The van der Waals surface area contributed by atoms with E-state index in [4.69, 9.17) is 9.47 Å². The van der Waals surface area contributed by atoms with E-state index in [1.54, 1.807) is 16.0 Å². The number of H-pyrrole nitrogens is 1. The number of hydrogen-bond donors (Lipinski definition) is 4.